The van der Waals surface area contributed by atoms with E-state index in [2.05, 4.69) is 5.32 Å². The molecule has 0 aromatic heterocycles. The second-order valence-electron chi connectivity index (χ2n) is 4.85. The Balaban J connectivity index is 2.17. The third-order valence-electron chi connectivity index (χ3n) is 3.29. The number of piperazine rings is 1. The van der Waals surface area contributed by atoms with E-state index < -0.39 is 0 Å². The molecule has 1 aromatic carbocycles. The number of rotatable bonds is 3. The molecule has 0 bridgehead atoms. The molecule has 1 heterocycles. The molecule has 4 heteroatoms. The highest BCUT2D eigenvalue weighted by atomic mass is 16.2. The van der Waals surface area contributed by atoms with Crippen molar-refractivity contribution < 1.29 is 4.79 Å². The average Bonchev–Trinajstić information content (AvgIpc) is 2.40. The van der Waals surface area contributed by atoms with Gasteiger partial charge in [-0.3, -0.25) is 9.69 Å². The maximum atomic E-state index is 12.6. The highest BCUT2D eigenvalue weighted by Crippen LogP contribution is 2.20. The number of likely N-dealkylation sites (N-methyl/N-ethyl adjacent to an activating group) is 1. The van der Waals surface area contributed by atoms with Crippen molar-refractivity contribution in [3.05, 3.63) is 35.9 Å². The van der Waals surface area contributed by atoms with Crippen molar-refractivity contribution in [2.75, 3.05) is 40.3 Å². The summed E-state index contributed by atoms with van der Waals surface area (Å²) in [6.45, 7) is 3.38. The van der Waals surface area contributed by atoms with Gasteiger partial charge in [-0.25, -0.2) is 0 Å². The van der Waals surface area contributed by atoms with Gasteiger partial charge in [0.2, 0.25) is 5.91 Å². The Hall–Kier alpha value is -1.39. The number of carbonyl (C=O) groups excluding carboxylic acids is 1. The molecule has 1 N–H and O–H groups in total. The molecule has 1 saturated heterocycles. The predicted molar refractivity (Wildman–Crippen MR) is 72.3 cm³/mol. The van der Waals surface area contributed by atoms with Crippen molar-refractivity contribution in [1.29, 1.82) is 0 Å². The standard InChI is InChI=1S/C14H21N3O/c1-16(2)13(12-6-4-3-5-7-12)14(18)17-10-8-15-9-11-17/h3-7,13,15H,8-11H2,1-2H3. The second-order valence-corrected chi connectivity index (χ2v) is 4.85. The fraction of sp³-hybridized carbons (Fsp3) is 0.500. The van der Waals surface area contributed by atoms with Crippen LogP contribution in [0.1, 0.15) is 11.6 Å². The number of carbonyl (C=O) groups is 1. The van der Waals surface area contributed by atoms with E-state index in [1.54, 1.807) is 0 Å². The molecule has 0 aliphatic carbocycles. The normalized spacial score (nSPS) is 17.8. The van der Waals surface area contributed by atoms with Crippen LogP contribution in [0.15, 0.2) is 30.3 Å². The fourth-order valence-corrected chi connectivity index (χ4v) is 2.36. The first-order valence-electron chi connectivity index (χ1n) is 6.41. The minimum absolute atomic E-state index is 0.177. The molecule has 0 saturated carbocycles. The molecule has 18 heavy (non-hydrogen) atoms. The van der Waals surface area contributed by atoms with E-state index in [0.717, 1.165) is 31.7 Å². The van der Waals surface area contributed by atoms with Crippen LogP contribution in [0.4, 0.5) is 0 Å². The molecule has 1 aliphatic rings. The summed E-state index contributed by atoms with van der Waals surface area (Å²) < 4.78 is 0. The highest BCUT2D eigenvalue weighted by Gasteiger charge is 2.28. The first kappa shape index (κ1) is 13.1. The number of amides is 1. The Bertz CT molecular complexity index is 385. The molecule has 98 valence electrons. The van der Waals surface area contributed by atoms with Crippen molar-refractivity contribution in [2.45, 2.75) is 6.04 Å². The molecule has 1 unspecified atom stereocenters. The van der Waals surface area contributed by atoms with E-state index in [-0.39, 0.29) is 11.9 Å². The summed E-state index contributed by atoms with van der Waals surface area (Å²) in [7, 11) is 3.91. The smallest absolute Gasteiger partial charge is 0.244 e. The molecular weight excluding hydrogens is 226 g/mol. The minimum atomic E-state index is -0.177. The largest absolute Gasteiger partial charge is 0.338 e. The van der Waals surface area contributed by atoms with Crippen LogP contribution in [0, 0.1) is 0 Å². The Morgan fingerprint density at radius 3 is 2.39 bits per heavy atom. The number of benzene rings is 1. The molecule has 1 amide bonds. The number of nitrogens with zero attached hydrogens (tertiary/aromatic N) is 2. The zero-order valence-corrected chi connectivity index (χ0v) is 11.1. The zero-order valence-electron chi connectivity index (χ0n) is 11.1. The van der Waals surface area contributed by atoms with E-state index in [0.29, 0.717) is 0 Å². The lowest BCUT2D eigenvalue weighted by Crippen LogP contribution is -2.49. The molecule has 1 fully saturated rings. The van der Waals surface area contributed by atoms with Gasteiger partial charge in [-0.05, 0) is 19.7 Å². The summed E-state index contributed by atoms with van der Waals surface area (Å²) in [6.07, 6.45) is 0. The summed E-state index contributed by atoms with van der Waals surface area (Å²) in [5, 5.41) is 3.27. The lowest BCUT2D eigenvalue weighted by Gasteiger charge is -2.33. The lowest BCUT2D eigenvalue weighted by atomic mass is 10.0. The summed E-state index contributed by atoms with van der Waals surface area (Å²) in [5.41, 5.74) is 1.06. The van der Waals surface area contributed by atoms with Crippen LogP contribution in [0.5, 0.6) is 0 Å². The van der Waals surface area contributed by atoms with Gasteiger partial charge < -0.3 is 10.2 Å². The first-order chi connectivity index (χ1) is 8.70. The van der Waals surface area contributed by atoms with Crippen LogP contribution in [0.25, 0.3) is 0 Å². The topological polar surface area (TPSA) is 35.6 Å². The summed E-state index contributed by atoms with van der Waals surface area (Å²) in [4.78, 5) is 16.5. The van der Waals surface area contributed by atoms with Crippen molar-refractivity contribution >= 4 is 5.91 Å². The summed E-state index contributed by atoms with van der Waals surface area (Å²) >= 11 is 0. The van der Waals surface area contributed by atoms with E-state index in [9.17, 15) is 4.79 Å². The quantitative estimate of drug-likeness (QED) is 0.855. The summed E-state index contributed by atoms with van der Waals surface area (Å²) in [6, 6.07) is 9.80. The SMILES string of the molecule is CN(C)C(C(=O)N1CCNCC1)c1ccccc1. The van der Waals surface area contributed by atoms with Gasteiger partial charge in [-0.1, -0.05) is 30.3 Å². The average molecular weight is 247 g/mol. The van der Waals surface area contributed by atoms with Crippen LogP contribution in [-0.4, -0.2) is 56.0 Å². The molecule has 1 aromatic rings. The molecule has 1 aliphatic heterocycles. The predicted octanol–water partition coefficient (Wildman–Crippen LogP) is 0.721. The van der Waals surface area contributed by atoms with Crippen molar-refractivity contribution in [3.8, 4) is 0 Å². The van der Waals surface area contributed by atoms with Crippen molar-refractivity contribution in [2.24, 2.45) is 0 Å². The molecule has 0 radical (unpaired) electrons. The number of hydrogen-bond donors (Lipinski definition) is 1. The number of nitrogens with one attached hydrogen (secondary N) is 1. The van der Waals surface area contributed by atoms with Gasteiger partial charge in [-0.2, -0.15) is 0 Å². The third kappa shape index (κ3) is 2.89. The number of hydrogen-bond acceptors (Lipinski definition) is 3. The van der Waals surface area contributed by atoms with E-state index in [1.807, 2.05) is 54.2 Å². The van der Waals surface area contributed by atoms with E-state index >= 15 is 0 Å². The van der Waals surface area contributed by atoms with Crippen LogP contribution in [0.3, 0.4) is 0 Å². The molecule has 0 spiro atoms. The summed E-state index contributed by atoms with van der Waals surface area (Å²) in [5.74, 6) is 0.202. The maximum absolute atomic E-state index is 12.6. The van der Waals surface area contributed by atoms with Crippen LogP contribution in [0.2, 0.25) is 0 Å². The first-order valence-corrected chi connectivity index (χ1v) is 6.41. The van der Waals surface area contributed by atoms with Crippen molar-refractivity contribution in [1.82, 2.24) is 15.1 Å². The molecule has 2 rings (SSSR count). The minimum Gasteiger partial charge on any atom is -0.338 e. The Labute approximate surface area is 109 Å². The molecule has 4 nitrogen and oxygen atoms in total. The second kappa shape index (κ2) is 5.98. The van der Waals surface area contributed by atoms with Crippen LogP contribution < -0.4 is 5.32 Å². The van der Waals surface area contributed by atoms with Gasteiger partial charge in [0, 0.05) is 26.2 Å². The van der Waals surface area contributed by atoms with Crippen molar-refractivity contribution in [3.63, 3.8) is 0 Å². The maximum Gasteiger partial charge on any atom is 0.244 e. The van der Waals surface area contributed by atoms with E-state index in [1.165, 1.54) is 0 Å². The van der Waals surface area contributed by atoms with Gasteiger partial charge in [-0.15, -0.1) is 0 Å². The Kier molecular flexibility index (Phi) is 4.33. The fourth-order valence-electron chi connectivity index (χ4n) is 2.36. The van der Waals surface area contributed by atoms with Gasteiger partial charge in [0.05, 0.1) is 0 Å². The monoisotopic (exact) mass is 247 g/mol. The van der Waals surface area contributed by atoms with Crippen LogP contribution in [-0.2, 0) is 4.79 Å². The van der Waals surface area contributed by atoms with Gasteiger partial charge >= 0.3 is 0 Å². The Morgan fingerprint density at radius 2 is 1.83 bits per heavy atom. The third-order valence-corrected chi connectivity index (χ3v) is 3.29. The van der Waals surface area contributed by atoms with Crippen LogP contribution >= 0.6 is 0 Å². The molecule has 1 atom stereocenters. The zero-order chi connectivity index (χ0) is 13.0. The van der Waals surface area contributed by atoms with Gasteiger partial charge in [0.1, 0.15) is 6.04 Å². The van der Waals surface area contributed by atoms with Gasteiger partial charge in [0.25, 0.3) is 0 Å². The highest BCUT2D eigenvalue weighted by molar-refractivity contribution is 5.83. The molecular formula is C14H21N3O. The van der Waals surface area contributed by atoms with E-state index in [4.69, 9.17) is 0 Å². The van der Waals surface area contributed by atoms with Gasteiger partial charge in [0.15, 0.2) is 0 Å². The Morgan fingerprint density at radius 1 is 1.22 bits per heavy atom. The lowest BCUT2D eigenvalue weighted by molar-refractivity contribution is -0.136.